The van der Waals surface area contributed by atoms with Crippen molar-refractivity contribution in [2.75, 3.05) is 17.6 Å². The SMILES string of the molecule is O=C(ON(c1ccccc1)S(=O)(=O)O)N1CCC1. The van der Waals surface area contributed by atoms with Gasteiger partial charge in [-0.1, -0.05) is 22.7 Å². The van der Waals surface area contributed by atoms with Crippen molar-refractivity contribution in [3.8, 4) is 0 Å². The molecule has 0 aliphatic carbocycles. The number of carbonyl (C=O) groups excluding carboxylic acids is 1. The van der Waals surface area contributed by atoms with Crippen LogP contribution in [-0.2, 0) is 15.1 Å². The first kappa shape index (κ1) is 12.7. The Balaban J connectivity index is 2.19. The molecule has 0 bridgehead atoms. The fourth-order valence-electron chi connectivity index (χ4n) is 1.41. The standard InChI is InChI=1S/C10H12N2O5S/c13-10(11-7-4-8-11)17-12(18(14,15)16)9-5-2-1-3-6-9/h1-3,5-6H,4,7-8H2,(H,14,15,16). The lowest BCUT2D eigenvalue weighted by Crippen LogP contribution is -2.46. The Morgan fingerprint density at radius 3 is 2.33 bits per heavy atom. The number of anilines is 1. The molecule has 1 saturated heterocycles. The second-order valence-electron chi connectivity index (χ2n) is 3.74. The molecule has 0 spiro atoms. The van der Waals surface area contributed by atoms with E-state index in [4.69, 9.17) is 4.55 Å². The zero-order valence-corrected chi connectivity index (χ0v) is 10.2. The molecular weight excluding hydrogens is 260 g/mol. The molecule has 1 aliphatic heterocycles. The number of carbonyl (C=O) groups is 1. The molecule has 98 valence electrons. The Kier molecular flexibility index (Phi) is 3.39. The van der Waals surface area contributed by atoms with E-state index in [1.807, 2.05) is 0 Å². The van der Waals surface area contributed by atoms with Crippen LogP contribution in [0, 0.1) is 0 Å². The zero-order valence-electron chi connectivity index (χ0n) is 9.39. The van der Waals surface area contributed by atoms with Crippen LogP contribution in [0.4, 0.5) is 10.5 Å². The minimum absolute atomic E-state index is 0.0499. The summed E-state index contributed by atoms with van der Waals surface area (Å²) in [6.45, 7) is 1.04. The van der Waals surface area contributed by atoms with E-state index in [-0.39, 0.29) is 10.2 Å². The lowest BCUT2D eigenvalue weighted by atomic mass is 10.2. The lowest BCUT2D eigenvalue weighted by molar-refractivity contribution is 0.0836. The second kappa shape index (κ2) is 4.83. The van der Waals surface area contributed by atoms with E-state index in [0.717, 1.165) is 6.42 Å². The maximum atomic E-state index is 11.5. The molecule has 0 radical (unpaired) electrons. The molecule has 7 nitrogen and oxygen atoms in total. The molecule has 0 atom stereocenters. The molecule has 1 amide bonds. The number of amides is 1. The van der Waals surface area contributed by atoms with E-state index in [1.54, 1.807) is 18.2 Å². The molecular formula is C10H12N2O5S. The average molecular weight is 272 g/mol. The molecule has 18 heavy (non-hydrogen) atoms. The summed E-state index contributed by atoms with van der Waals surface area (Å²) in [6, 6.07) is 7.59. The fraction of sp³-hybridized carbons (Fsp3) is 0.300. The van der Waals surface area contributed by atoms with Gasteiger partial charge in [-0.05, 0) is 18.6 Å². The van der Waals surface area contributed by atoms with Crippen molar-refractivity contribution < 1.29 is 22.6 Å². The quantitative estimate of drug-likeness (QED) is 0.656. The van der Waals surface area contributed by atoms with E-state index >= 15 is 0 Å². The predicted octanol–water partition coefficient (Wildman–Crippen LogP) is 1.05. The number of likely N-dealkylation sites (tertiary alicyclic amines) is 1. The largest absolute Gasteiger partial charge is 0.435 e. The van der Waals surface area contributed by atoms with Gasteiger partial charge in [-0.2, -0.15) is 8.42 Å². The molecule has 2 rings (SSSR count). The van der Waals surface area contributed by atoms with Gasteiger partial charge in [-0.25, -0.2) is 4.79 Å². The van der Waals surface area contributed by atoms with E-state index in [1.165, 1.54) is 17.0 Å². The maximum Gasteiger partial charge on any atom is 0.435 e. The third-order valence-electron chi connectivity index (χ3n) is 2.45. The molecule has 1 aromatic carbocycles. The van der Waals surface area contributed by atoms with Crippen LogP contribution in [0.3, 0.4) is 0 Å². The molecule has 1 aromatic rings. The first-order valence-electron chi connectivity index (χ1n) is 5.28. The van der Waals surface area contributed by atoms with E-state index in [2.05, 4.69) is 4.84 Å². The molecule has 1 heterocycles. The van der Waals surface area contributed by atoms with Crippen LogP contribution in [0.2, 0.25) is 0 Å². The van der Waals surface area contributed by atoms with Gasteiger partial charge in [-0.15, -0.1) is 0 Å². The second-order valence-corrected chi connectivity index (χ2v) is 4.97. The summed E-state index contributed by atoms with van der Waals surface area (Å²) in [6.07, 6.45) is 0.0505. The summed E-state index contributed by atoms with van der Waals surface area (Å²) in [7, 11) is -4.67. The third kappa shape index (κ3) is 2.71. The number of para-hydroxylation sites is 1. The van der Waals surface area contributed by atoms with Crippen LogP contribution in [0.25, 0.3) is 0 Å². The lowest BCUT2D eigenvalue weighted by Gasteiger charge is -2.31. The third-order valence-corrected chi connectivity index (χ3v) is 3.16. The van der Waals surface area contributed by atoms with Gasteiger partial charge < -0.3 is 9.74 Å². The summed E-state index contributed by atoms with van der Waals surface area (Å²) in [5, 5.41) is 0. The summed E-state index contributed by atoms with van der Waals surface area (Å²) < 4.78 is 31.6. The number of hydrogen-bond acceptors (Lipinski definition) is 4. The number of benzene rings is 1. The van der Waals surface area contributed by atoms with Crippen LogP contribution >= 0.6 is 0 Å². The van der Waals surface area contributed by atoms with Gasteiger partial charge >= 0.3 is 16.4 Å². The van der Waals surface area contributed by atoms with Crippen LogP contribution in [0.15, 0.2) is 30.3 Å². The van der Waals surface area contributed by atoms with E-state index in [9.17, 15) is 13.2 Å². The first-order chi connectivity index (χ1) is 8.48. The molecule has 0 unspecified atom stereocenters. The fourth-order valence-corrected chi connectivity index (χ4v) is 1.96. The zero-order chi connectivity index (χ0) is 13.2. The highest BCUT2D eigenvalue weighted by Gasteiger charge is 2.29. The van der Waals surface area contributed by atoms with Crippen molar-refractivity contribution in [1.82, 2.24) is 4.90 Å². The topological polar surface area (TPSA) is 87.1 Å². The molecule has 8 heteroatoms. The van der Waals surface area contributed by atoms with Gasteiger partial charge in [0.1, 0.15) is 0 Å². The molecule has 0 aromatic heterocycles. The van der Waals surface area contributed by atoms with Gasteiger partial charge in [0.25, 0.3) is 0 Å². The Hall–Kier alpha value is -1.80. The van der Waals surface area contributed by atoms with Crippen molar-refractivity contribution in [3.63, 3.8) is 0 Å². The van der Waals surface area contributed by atoms with Crippen molar-refractivity contribution in [2.45, 2.75) is 6.42 Å². The predicted molar refractivity (Wildman–Crippen MR) is 63.1 cm³/mol. The molecule has 1 N–H and O–H groups in total. The smallest absolute Gasteiger partial charge is 0.306 e. The van der Waals surface area contributed by atoms with Gasteiger partial charge in [0.15, 0.2) is 0 Å². The summed E-state index contributed by atoms with van der Waals surface area (Å²) in [5.41, 5.74) is 0.0499. The Morgan fingerprint density at radius 1 is 1.28 bits per heavy atom. The van der Waals surface area contributed by atoms with Crippen LogP contribution in [-0.4, -0.2) is 37.1 Å². The summed E-state index contributed by atoms with van der Waals surface area (Å²) >= 11 is 0. The highest BCUT2D eigenvalue weighted by molar-refractivity contribution is 7.87. The van der Waals surface area contributed by atoms with Crippen molar-refractivity contribution >= 4 is 22.1 Å². The van der Waals surface area contributed by atoms with Crippen molar-refractivity contribution in [2.24, 2.45) is 0 Å². The van der Waals surface area contributed by atoms with Gasteiger partial charge in [0.05, 0.1) is 5.69 Å². The molecule has 1 aliphatic rings. The average Bonchev–Trinajstić information content (AvgIpc) is 2.23. The Labute approximate surface area is 104 Å². The number of nitrogens with zero attached hydrogens (tertiary/aromatic N) is 2. The van der Waals surface area contributed by atoms with E-state index < -0.39 is 16.4 Å². The van der Waals surface area contributed by atoms with Gasteiger partial charge in [0.2, 0.25) is 0 Å². The normalized spacial score (nSPS) is 14.8. The Morgan fingerprint density at radius 2 is 1.89 bits per heavy atom. The minimum Gasteiger partial charge on any atom is -0.306 e. The van der Waals surface area contributed by atoms with Gasteiger partial charge in [-0.3, -0.25) is 4.55 Å². The van der Waals surface area contributed by atoms with Crippen molar-refractivity contribution in [1.29, 1.82) is 0 Å². The van der Waals surface area contributed by atoms with Gasteiger partial charge in [0, 0.05) is 13.1 Å². The van der Waals surface area contributed by atoms with Crippen molar-refractivity contribution in [3.05, 3.63) is 30.3 Å². The summed E-state index contributed by atoms with van der Waals surface area (Å²) in [5.74, 6) is 0. The number of rotatable bonds is 3. The summed E-state index contributed by atoms with van der Waals surface area (Å²) in [4.78, 5) is 17.6. The highest BCUT2D eigenvalue weighted by atomic mass is 32.2. The monoisotopic (exact) mass is 272 g/mol. The molecule has 1 fully saturated rings. The Bertz CT molecular complexity index is 526. The molecule has 0 saturated carbocycles. The first-order valence-corrected chi connectivity index (χ1v) is 6.68. The minimum atomic E-state index is -4.67. The highest BCUT2D eigenvalue weighted by Crippen LogP contribution is 2.19. The van der Waals surface area contributed by atoms with Crippen LogP contribution < -0.4 is 4.47 Å². The van der Waals surface area contributed by atoms with Crippen LogP contribution in [0.5, 0.6) is 0 Å². The van der Waals surface area contributed by atoms with Crippen LogP contribution in [0.1, 0.15) is 6.42 Å². The maximum absolute atomic E-state index is 11.5. The van der Waals surface area contributed by atoms with E-state index in [0.29, 0.717) is 13.1 Å². The number of hydrogen-bond donors (Lipinski definition) is 1.